The number of rotatable bonds is 7. The summed E-state index contributed by atoms with van der Waals surface area (Å²) in [5.41, 5.74) is 14.5. The largest absolute Gasteiger partial charge is 0.456 e. The third-order valence-corrected chi connectivity index (χ3v) is 12.2. The summed E-state index contributed by atoms with van der Waals surface area (Å²) in [6, 6.07) is 76.6. The molecule has 11 aromatic rings. The first-order valence-electron chi connectivity index (χ1n) is 19.3. The van der Waals surface area contributed by atoms with Crippen molar-refractivity contribution in [2.75, 3.05) is 4.90 Å². The molecule has 0 amide bonds. The Kier molecular flexibility index (Phi) is 8.04. The number of fused-ring (bicyclic) bond motifs is 6. The second-order valence-corrected chi connectivity index (χ2v) is 15.5. The molecule has 2 heterocycles. The highest BCUT2D eigenvalue weighted by molar-refractivity contribution is 7.26. The Morgan fingerprint density at radius 3 is 1.60 bits per heavy atom. The van der Waals surface area contributed by atoms with E-state index in [4.69, 9.17) is 4.42 Å². The van der Waals surface area contributed by atoms with Crippen LogP contribution in [0, 0.1) is 0 Å². The summed E-state index contributed by atoms with van der Waals surface area (Å²) < 4.78 is 8.71. The van der Waals surface area contributed by atoms with Crippen LogP contribution >= 0.6 is 11.3 Å². The number of benzene rings is 9. The summed E-state index contributed by atoms with van der Waals surface area (Å²) in [7, 11) is 0. The van der Waals surface area contributed by atoms with Crippen molar-refractivity contribution in [2.24, 2.45) is 0 Å². The second kappa shape index (κ2) is 13.8. The van der Waals surface area contributed by atoms with Gasteiger partial charge in [-0.3, -0.25) is 0 Å². The van der Waals surface area contributed by atoms with Crippen LogP contribution in [0.2, 0.25) is 0 Å². The van der Waals surface area contributed by atoms with Crippen LogP contribution in [0.4, 0.5) is 17.1 Å². The molecular weight excluding hydrogens is 711 g/mol. The number of hydrogen-bond acceptors (Lipinski definition) is 3. The van der Waals surface area contributed by atoms with E-state index < -0.39 is 0 Å². The van der Waals surface area contributed by atoms with Gasteiger partial charge >= 0.3 is 0 Å². The van der Waals surface area contributed by atoms with Gasteiger partial charge in [-0.1, -0.05) is 158 Å². The van der Waals surface area contributed by atoms with Crippen molar-refractivity contribution in [1.29, 1.82) is 0 Å². The maximum Gasteiger partial charge on any atom is 0.135 e. The second-order valence-electron chi connectivity index (χ2n) is 14.5. The average Bonchev–Trinajstić information content (AvgIpc) is 3.86. The Labute approximate surface area is 335 Å². The number of anilines is 3. The van der Waals surface area contributed by atoms with E-state index in [2.05, 4.69) is 205 Å². The number of thiophene rings is 1. The Morgan fingerprint density at radius 2 is 0.895 bits per heavy atom. The van der Waals surface area contributed by atoms with Gasteiger partial charge in [0.25, 0.3) is 0 Å². The van der Waals surface area contributed by atoms with Crippen molar-refractivity contribution in [3.63, 3.8) is 0 Å². The van der Waals surface area contributed by atoms with Crippen LogP contribution in [0.3, 0.4) is 0 Å². The predicted molar refractivity (Wildman–Crippen MR) is 243 cm³/mol. The molecule has 0 saturated heterocycles. The average molecular weight is 746 g/mol. The van der Waals surface area contributed by atoms with Gasteiger partial charge < -0.3 is 9.32 Å². The van der Waals surface area contributed by atoms with Crippen molar-refractivity contribution >= 4 is 70.5 Å². The van der Waals surface area contributed by atoms with Crippen LogP contribution in [0.1, 0.15) is 0 Å². The Morgan fingerprint density at radius 1 is 0.333 bits per heavy atom. The predicted octanol–water partition coefficient (Wildman–Crippen LogP) is 16.1. The standard InChI is InChI=1S/C54H35NOS/c1-4-14-36(15-5-1)41-32-42(37-16-6-2-7-17-37)34-44(33-41)55(43-27-24-38(25-28-43)40-26-31-51-49(35-40)46-20-10-12-22-50(46)56-51)53-45(39-18-8-3-9-19-39)29-30-48-47-21-11-13-23-52(47)57-54(48)53/h1-35H. The Hall–Kier alpha value is -7.20. The van der Waals surface area contributed by atoms with E-state index >= 15 is 0 Å². The van der Waals surface area contributed by atoms with Crippen LogP contribution in [0.5, 0.6) is 0 Å². The van der Waals surface area contributed by atoms with Crippen LogP contribution in [0.25, 0.3) is 86.6 Å². The molecule has 3 heteroatoms. The molecule has 2 nitrogen and oxygen atoms in total. The molecule has 0 N–H and O–H groups in total. The lowest BCUT2D eigenvalue weighted by Crippen LogP contribution is -2.12. The zero-order valence-electron chi connectivity index (χ0n) is 31.0. The molecule has 268 valence electrons. The molecule has 9 aromatic carbocycles. The zero-order chi connectivity index (χ0) is 37.7. The smallest absolute Gasteiger partial charge is 0.135 e. The molecular formula is C54H35NOS. The lowest BCUT2D eigenvalue weighted by Gasteiger charge is -2.30. The number of hydrogen-bond donors (Lipinski definition) is 0. The summed E-state index contributed by atoms with van der Waals surface area (Å²) in [6.07, 6.45) is 0. The first kappa shape index (κ1) is 33.2. The highest BCUT2D eigenvalue weighted by Gasteiger charge is 2.24. The Balaban J connectivity index is 1.18. The van der Waals surface area contributed by atoms with Gasteiger partial charge in [0, 0.05) is 43.2 Å². The van der Waals surface area contributed by atoms with Gasteiger partial charge in [-0.25, -0.2) is 0 Å². The third kappa shape index (κ3) is 5.88. The van der Waals surface area contributed by atoms with E-state index in [0.717, 1.165) is 44.4 Å². The summed E-state index contributed by atoms with van der Waals surface area (Å²) >= 11 is 1.87. The molecule has 0 radical (unpaired) electrons. The van der Waals surface area contributed by atoms with Gasteiger partial charge in [0.1, 0.15) is 11.2 Å². The molecule has 0 bridgehead atoms. The van der Waals surface area contributed by atoms with E-state index in [1.165, 1.54) is 59.2 Å². The van der Waals surface area contributed by atoms with Crippen LogP contribution in [-0.2, 0) is 0 Å². The minimum absolute atomic E-state index is 0.903. The highest BCUT2D eigenvalue weighted by atomic mass is 32.1. The topological polar surface area (TPSA) is 16.4 Å². The molecule has 0 spiro atoms. The number of nitrogens with zero attached hydrogens (tertiary/aromatic N) is 1. The maximum atomic E-state index is 6.17. The third-order valence-electron chi connectivity index (χ3n) is 11.1. The van der Waals surface area contributed by atoms with E-state index in [0.29, 0.717) is 0 Å². The van der Waals surface area contributed by atoms with E-state index in [9.17, 15) is 0 Å². The highest BCUT2D eigenvalue weighted by Crippen LogP contribution is 2.50. The van der Waals surface area contributed by atoms with Gasteiger partial charge in [0.2, 0.25) is 0 Å². The summed E-state index contributed by atoms with van der Waals surface area (Å²) in [4.78, 5) is 2.50. The van der Waals surface area contributed by atoms with Gasteiger partial charge in [-0.15, -0.1) is 11.3 Å². The lowest BCUT2D eigenvalue weighted by molar-refractivity contribution is 0.669. The minimum atomic E-state index is 0.903. The molecule has 0 fully saturated rings. The molecule has 0 aliphatic rings. The zero-order valence-corrected chi connectivity index (χ0v) is 31.8. The molecule has 57 heavy (non-hydrogen) atoms. The lowest BCUT2D eigenvalue weighted by atomic mass is 9.95. The van der Waals surface area contributed by atoms with E-state index in [1.54, 1.807) is 0 Å². The fraction of sp³-hybridized carbons (Fsp3) is 0. The number of furan rings is 1. The fourth-order valence-electron chi connectivity index (χ4n) is 8.30. The first-order valence-corrected chi connectivity index (χ1v) is 20.1. The normalized spacial score (nSPS) is 11.5. The summed E-state index contributed by atoms with van der Waals surface area (Å²) in [6.45, 7) is 0. The molecule has 0 saturated carbocycles. The minimum Gasteiger partial charge on any atom is -0.456 e. The first-order chi connectivity index (χ1) is 28.2. The van der Waals surface area contributed by atoms with Crippen molar-refractivity contribution in [1.82, 2.24) is 0 Å². The van der Waals surface area contributed by atoms with E-state index in [1.807, 2.05) is 23.5 Å². The monoisotopic (exact) mass is 745 g/mol. The van der Waals surface area contributed by atoms with Crippen LogP contribution < -0.4 is 4.90 Å². The summed E-state index contributed by atoms with van der Waals surface area (Å²) in [5.74, 6) is 0. The van der Waals surface area contributed by atoms with Crippen LogP contribution in [0.15, 0.2) is 217 Å². The van der Waals surface area contributed by atoms with Gasteiger partial charge in [-0.05, 0) is 93.5 Å². The van der Waals surface area contributed by atoms with Gasteiger partial charge in [-0.2, -0.15) is 0 Å². The SMILES string of the molecule is c1ccc(-c2cc(-c3ccccc3)cc(N(c3ccc(-c4ccc5oc6ccccc6c5c4)cc3)c3c(-c4ccccc4)ccc4c3sc3ccccc34)c2)cc1. The Bertz CT molecular complexity index is 3160. The summed E-state index contributed by atoms with van der Waals surface area (Å²) in [5, 5.41) is 4.80. The van der Waals surface area contributed by atoms with Crippen molar-refractivity contribution in [2.45, 2.75) is 0 Å². The van der Waals surface area contributed by atoms with Crippen molar-refractivity contribution < 1.29 is 4.42 Å². The van der Waals surface area contributed by atoms with Crippen molar-refractivity contribution in [3.8, 4) is 44.5 Å². The molecule has 0 aliphatic heterocycles. The molecule has 2 aromatic heterocycles. The number of para-hydroxylation sites is 1. The molecule has 0 atom stereocenters. The fourth-order valence-corrected chi connectivity index (χ4v) is 9.54. The van der Waals surface area contributed by atoms with Gasteiger partial charge in [0.15, 0.2) is 0 Å². The van der Waals surface area contributed by atoms with E-state index in [-0.39, 0.29) is 0 Å². The molecule has 0 unspecified atom stereocenters. The quantitative estimate of drug-likeness (QED) is 0.162. The molecule has 11 rings (SSSR count). The maximum absolute atomic E-state index is 6.17. The van der Waals surface area contributed by atoms with Gasteiger partial charge in [0.05, 0.1) is 10.4 Å². The van der Waals surface area contributed by atoms with Crippen LogP contribution in [-0.4, -0.2) is 0 Å². The molecule has 0 aliphatic carbocycles. The van der Waals surface area contributed by atoms with Crippen molar-refractivity contribution in [3.05, 3.63) is 212 Å².